The van der Waals surface area contributed by atoms with Crippen LogP contribution < -0.4 is 5.32 Å². The standard InChI is InChI=1S/C17H25N3/c1-5-16-13(3)19-20(14(16)4)17(12-18-6-2)15-10-8-7-9-11-15/h7-11,17-18H,5-6,12H2,1-4H3. The Morgan fingerprint density at radius 1 is 1.15 bits per heavy atom. The third-order valence-electron chi connectivity index (χ3n) is 3.90. The van der Waals surface area contributed by atoms with Crippen molar-refractivity contribution in [3.8, 4) is 0 Å². The van der Waals surface area contributed by atoms with Gasteiger partial charge in [-0.1, -0.05) is 44.2 Å². The molecule has 0 spiro atoms. The van der Waals surface area contributed by atoms with E-state index in [4.69, 9.17) is 5.10 Å². The molecule has 0 saturated carbocycles. The van der Waals surface area contributed by atoms with Crippen LogP contribution in [-0.4, -0.2) is 22.9 Å². The molecule has 0 radical (unpaired) electrons. The second kappa shape index (κ2) is 6.71. The maximum Gasteiger partial charge on any atom is 0.0896 e. The second-order valence-corrected chi connectivity index (χ2v) is 5.18. The molecule has 2 rings (SSSR count). The van der Waals surface area contributed by atoms with Crippen molar-refractivity contribution >= 4 is 0 Å². The zero-order chi connectivity index (χ0) is 14.5. The van der Waals surface area contributed by atoms with Gasteiger partial charge in [-0.2, -0.15) is 5.10 Å². The largest absolute Gasteiger partial charge is 0.315 e. The van der Waals surface area contributed by atoms with Crippen LogP contribution in [0.3, 0.4) is 0 Å². The van der Waals surface area contributed by atoms with Crippen molar-refractivity contribution in [1.82, 2.24) is 15.1 Å². The van der Waals surface area contributed by atoms with Crippen molar-refractivity contribution in [3.05, 3.63) is 52.8 Å². The summed E-state index contributed by atoms with van der Waals surface area (Å²) in [6, 6.07) is 10.9. The Morgan fingerprint density at radius 2 is 1.85 bits per heavy atom. The molecule has 0 saturated heterocycles. The first-order valence-electron chi connectivity index (χ1n) is 7.49. The van der Waals surface area contributed by atoms with Gasteiger partial charge in [0.1, 0.15) is 0 Å². The van der Waals surface area contributed by atoms with E-state index in [1.165, 1.54) is 16.8 Å². The number of nitrogens with one attached hydrogen (secondary N) is 1. The summed E-state index contributed by atoms with van der Waals surface area (Å²) in [4.78, 5) is 0. The van der Waals surface area contributed by atoms with E-state index in [0.717, 1.165) is 25.2 Å². The molecule has 1 unspecified atom stereocenters. The van der Waals surface area contributed by atoms with E-state index in [0.29, 0.717) is 0 Å². The van der Waals surface area contributed by atoms with Gasteiger partial charge in [0.25, 0.3) is 0 Å². The van der Waals surface area contributed by atoms with Gasteiger partial charge in [0.2, 0.25) is 0 Å². The third kappa shape index (κ3) is 2.93. The van der Waals surface area contributed by atoms with Crippen LogP contribution in [0, 0.1) is 13.8 Å². The van der Waals surface area contributed by atoms with Crippen LogP contribution in [0.4, 0.5) is 0 Å². The Bertz CT molecular complexity index is 543. The van der Waals surface area contributed by atoms with E-state index in [2.05, 4.69) is 68.0 Å². The highest BCUT2D eigenvalue weighted by Gasteiger charge is 2.19. The molecule has 1 aromatic heterocycles. The quantitative estimate of drug-likeness (QED) is 0.874. The average molecular weight is 271 g/mol. The van der Waals surface area contributed by atoms with Crippen molar-refractivity contribution in [2.24, 2.45) is 0 Å². The molecule has 1 aromatic carbocycles. The highest BCUT2D eigenvalue weighted by molar-refractivity contribution is 5.28. The van der Waals surface area contributed by atoms with Crippen LogP contribution in [0.5, 0.6) is 0 Å². The topological polar surface area (TPSA) is 29.9 Å². The van der Waals surface area contributed by atoms with Gasteiger partial charge in [-0.3, -0.25) is 4.68 Å². The summed E-state index contributed by atoms with van der Waals surface area (Å²) in [5.41, 5.74) is 5.13. The van der Waals surface area contributed by atoms with Crippen LogP contribution in [0.2, 0.25) is 0 Å². The summed E-state index contributed by atoms with van der Waals surface area (Å²) in [6.45, 7) is 10.5. The number of hydrogen-bond acceptors (Lipinski definition) is 2. The maximum absolute atomic E-state index is 4.79. The number of benzene rings is 1. The Balaban J connectivity index is 2.41. The summed E-state index contributed by atoms with van der Waals surface area (Å²) in [5, 5.41) is 8.25. The highest BCUT2D eigenvalue weighted by Crippen LogP contribution is 2.23. The number of rotatable bonds is 6. The summed E-state index contributed by atoms with van der Waals surface area (Å²) < 4.78 is 2.19. The van der Waals surface area contributed by atoms with Crippen molar-refractivity contribution < 1.29 is 0 Å². The summed E-state index contributed by atoms with van der Waals surface area (Å²) in [6.07, 6.45) is 1.04. The van der Waals surface area contributed by atoms with E-state index in [-0.39, 0.29) is 6.04 Å². The Hall–Kier alpha value is -1.61. The minimum Gasteiger partial charge on any atom is -0.315 e. The zero-order valence-corrected chi connectivity index (χ0v) is 13.0. The molecule has 1 heterocycles. The van der Waals surface area contributed by atoms with Crippen LogP contribution in [0.1, 0.15) is 42.4 Å². The summed E-state index contributed by atoms with van der Waals surface area (Å²) in [7, 11) is 0. The van der Waals surface area contributed by atoms with Crippen molar-refractivity contribution in [2.45, 2.75) is 40.2 Å². The lowest BCUT2D eigenvalue weighted by molar-refractivity contribution is 0.475. The molecule has 0 aliphatic rings. The highest BCUT2D eigenvalue weighted by atomic mass is 15.3. The second-order valence-electron chi connectivity index (χ2n) is 5.18. The SMILES string of the molecule is CCNCC(c1ccccc1)n1nc(C)c(CC)c1C. The van der Waals surface area contributed by atoms with Crippen LogP contribution >= 0.6 is 0 Å². The molecular weight excluding hydrogens is 246 g/mol. The van der Waals surface area contributed by atoms with Gasteiger partial charge in [0.15, 0.2) is 0 Å². The monoisotopic (exact) mass is 271 g/mol. The lowest BCUT2D eigenvalue weighted by Gasteiger charge is -2.20. The molecule has 1 atom stereocenters. The lowest BCUT2D eigenvalue weighted by Crippen LogP contribution is -2.27. The molecule has 0 aliphatic heterocycles. The summed E-state index contributed by atoms with van der Waals surface area (Å²) >= 11 is 0. The Kier molecular flexibility index (Phi) is 4.96. The number of nitrogens with zero attached hydrogens (tertiary/aromatic N) is 2. The van der Waals surface area contributed by atoms with Gasteiger partial charge in [-0.25, -0.2) is 0 Å². The van der Waals surface area contributed by atoms with E-state index in [9.17, 15) is 0 Å². The first-order valence-corrected chi connectivity index (χ1v) is 7.49. The Labute approximate surface area is 122 Å². The van der Waals surface area contributed by atoms with E-state index in [1.54, 1.807) is 0 Å². The predicted molar refractivity (Wildman–Crippen MR) is 84.2 cm³/mol. The van der Waals surface area contributed by atoms with Crippen LogP contribution in [0.25, 0.3) is 0 Å². The fraction of sp³-hybridized carbons (Fsp3) is 0.471. The molecule has 0 aliphatic carbocycles. The van der Waals surface area contributed by atoms with Crippen LogP contribution in [-0.2, 0) is 6.42 Å². The molecule has 0 amide bonds. The van der Waals surface area contributed by atoms with E-state index < -0.39 is 0 Å². The average Bonchev–Trinajstić information content (AvgIpc) is 2.75. The molecule has 1 N–H and O–H groups in total. The smallest absolute Gasteiger partial charge is 0.0896 e. The van der Waals surface area contributed by atoms with Gasteiger partial charge in [0, 0.05) is 12.2 Å². The Morgan fingerprint density at radius 3 is 2.40 bits per heavy atom. The van der Waals surface area contributed by atoms with Crippen LogP contribution in [0.15, 0.2) is 30.3 Å². The molecular formula is C17H25N3. The van der Waals surface area contributed by atoms with Crippen molar-refractivity contribution in [2.75, 3.05) is 13.1 Å². The first kappa shape index (κ1) is 14.8. The number of likely N-dealkylation sites (N-methyl/N-ethyl adjacent to an activating group) is 1. The van der Waals surface area contributed by atoms with Crippen molar-refractivity contribution in [3.63, 3.8) is 0 Å². The van der Waals surface area contributed by atoms with Gasteiger partial charge in [0.05, 0.1) is 11.7 Å². The molecule has 20 heavy (non-hydrogen) atoms. The fourth-order valence-corrected chi connectivity index (χ4v) is 2.81. The third-order valence-corrected chi connectivity index (χ3v) is 3.90. The predicted octanol–water partition coefficient (Wildman–Crippen LogP) is 3.26. The van der Waals surface area contributed by atoms with Crippen molar-refractivity contribution in [1.29, 1.82) is 0 Å². The molecule has 0 bridgehead atoms. The molecule has 0 fully saturated rings. The molecule has 108 valence electrons. The number of aryl methyl sites for hydroxylation is 1. The minimum atomic E-state index is 0.259. The van der Waals surface area contributed by atoms with E-state index >= 15 is 0 Å². The normalized spacial score (nSPS) is 12.6. The summed E-state index contributed by atoms with van der Waals surface area (Å²) in [5.74, 6) is 0. The molecule has 2 aromatic rings. The minimum absolute atomic E-state index is 0.259. The molecule has 3 heteroatoms. The van der Waals surface area contributed by atoms with Gasteiger partial charge >= 0.3 is 0 Å². The fourth-order valence-electron chi connectivity index (χ4n) is 2.81. The lowest BCUT2D eigenvalue weighted by atomic mass is 10.1. The van der Waals surface area contributed by atoms with E-state index in [1.807, 2.05) is 0 Å². The zero-order valence-electron chi connectivity index (χ0n) is 13.0. The van der Waals surface area contributed by atoms with Gasteiger partial charge in [-0.15, -0.1) is 0 Å². The molecule has 3 nitrogen and oxygen atoms in total. The van der Waals surface area contributed by atoms with Gasteiger partial charge < -0.3 is 5.32 Å². The number of aromatic nitrogens is 2. The first-order chi connectivity index (χ1) is 9.69. The number of hydrogen-bond donors (Lipinski definition) is 1. The van der Waals surface area contributed by atoms with Gasteiger partial charge in [-0.05, 0) is 37.9 Å². The maximum atomic E-state index is 4.79.